The van der Waals surface area contributed by atoms with Gasteiger partial charge in [0.15, 0.2) is 12.4 Å². The minimum atomic E-state index is -0.113. The molecule has 0 bridgehead atoms. The first-order chi connectivity index (χ1) is 12.3. The van der Waals surface area contributed by atoms with Crippen molar-refractivity contribution in [1.82, 2.24) is 0 Å². The number of nitrogens with zero attached hydrogens (tertiary/aromatic N) is 1. The number of pyridine rings is 1. The van der Waals surface area contributed by atoms with Gasteiger partial charge in [0, 0.05) is 23.4 Å². The average molecular weight is 324 g/mol. The predicted octanol–water partition coefficient (Wildman–Crippen LogP) is 4.65. The minimum absolute atomic E-state index is 0.113. The van der Waals surface area contributed by atoms with Gasteiger partial charge in [0.25, 0.3) is 0 Å². The lowest BCUT2D eigenvalue weighted by molar-refractivity contribution is -0.707. The van der Waals surface area contributed by atoms with Crippen LogP contribution in [-0.4, -0.2) is 5.78 Å². The van der Waals surface area contributed by atoms with Crippen LogP contribution in [0.2, 0.25) is 0 Å². The van der Waals surface area contributed by atoms with Crippen LogP contribution in [0.15, 0.2) is 79.1 Å². The van der Waals surface area contributed by atoms with Gasteiger partial charge in [0.2, 0.25) is 11.8 Å². The number of ketones is 1. The topological polar surface area (TPSA) is 20.9 Å². The first kappa shape index (κ1) is 14.4. The number of aryl methyl sites for hydroxylation is 1. The summed E-state index contributed by atoms with van der Waals surface area (Å²) in [5.41, 5.74) is 2.09. The van der Waals surface area contributed by atoms with E-state index in [9.17, 15) is 4.79 Å². The van der Waals surface area contributed by atoms with Gasteiger partial charge in [-0.2, -0.15) is 4.57 Å². The van der Waals surface area contributed by atoms with E-state index in [0.717, 1.165) is 18.4 Å². The van der Waals surface area contributed by atoms with Gasteiger partial charge in [-0.15, -0.1) is 0 Å². The molecule has 1 atom stereocenters. The highest BCUT2D eigenvalue weighted by Gasteiger charge is 2.34. The quantitative estimate of drug-likeness (QED) is 0.467. The summed E-state index contributed by atoms with van der Waals surface area (Å²) < 4.78 is 2.09. The molecule has 1 aromatic heterocycles. The number of hydrogen-bond donors (Lipinski definition) is 0. The van der Waals surface area contributed by atoms with Crippen molar-refractivity contribution in [3.05, 3.63) is 90.3 Å². The van der Waals surface area contributed by atoms with Crippen LogP contribution >= 0.6 is 0 Å². The number of hydrogen-bond acceptors (Lipinski definition) is 1. The Labute approximate surface area is 146 Å². The van der Waals surface area contributed by atoms with Gasteiger partial charge >= 0.3 is 0 Å². The molecule has 0 spiro atoms. The Balaban J connectivity index is 1.61. The lowest BCUT2D eigenvalue weighted by Gasteiger charge is -2.21. The third-order valence-electron chi connectivity index (χ3n) is 5.35. The summed E-state index contributed by atoms with van der Waals surface area (Å²) in [4.78, 5) is 13.2. The zero-order valence-electron chi connectivity index (χ0n) is 13.9. The van der Waals surface area contributed by atoms with Gasteiger partial charge in [-0.25, -0.2) is 0 Å². The lowest BCUT2D eigenvalue weighted by Crippen LogP contribution is -2.45. The van der Waals surface area contributed by atoms with Crippen LogP contribution < -0.4 is 4.57 Å². The van der Waals surface area contributed by atoms with E-state index in [1.165, 1.54) is 27.1 Å². The number of rotatable bonds is 1. The van der Waals surface area contributed by atoms with Gasteiger partial charge < -0.3 is 0 Å². The molecule has 4 aromatic rings. The van der Waals surface area contributed by atoms with Crippen molar-refractivity contribution < 1.29 is 9.36 Å². The van der Waals surface area contributed by atoms with Crippen molar-refractivity contribution in [3.63, 3.8) is 0 Å². The lowest BCUT2D eigenvalue weighted by atomic mass is 9.84. The van der Waals surface area contributed by atoms with Crippen molar-refractivity contribution >= 4 is 27.3 Å². The second-order valence-corrected chi connectivity index (χ2v) is 6.75. The summed E-state index contributed by atoms with van der Waals surface area (Å²) in [6, 6.07) is 22.7. The van der Waals surface area contributed by atoms with E-state index in [-0.39, 0.29) is 11.8 Å². The molecule has 120 valence electrons. The van der Waals surface area contributed by atoms with Gasteiger partial charge in [-0.3, -0.25) is 4.79 Å². The van der Waals surface area contributed by atoms with Crippen LogP contribution in [0.4, 0.5) is 0 Å². The van der Waals surface area contributed by atoms with Crippen molar-refractivity contribution in [2.75, 3.05) is 0 Å². The Bertz CT molecular complexity index is 1130. The van der Waals surface area contributed by atoms with E-state index in [0.29, 0.717) is 0 Å². The second kappa shape index (κ2) is 5.52. The van der Waals surface area contributed by atoms with E-state index in [2.05, 4.69) is 53.2 Å². The number of carbonyl (C=O) groups is 1. The molecule has 0 aliphatic heterocycles. The molecule has 1 aliphatic rings. The van der Waals surface area contributed by atoms with Crippen molar-refractivity contribution in [2.24, 2.45) is 0 Å². The molecule has 25 heavy (non-hydrogen) atoms. The summed E-state index contributed by atoms with van der Waals surface area (Å²) in [6.07, 6.45) is 5.93. The maximum atomic E-state index is 13.2. The molecular weight excluding hydrogens is 306 g/mol. The number of carbonyl (C=O) groups excluding carboxylic acids is 1. The minimum Gasteiger partial charge on any atom is -0.287 e. The van der Waals surface area contributed by atoms with E-state index < -0.39 is 0 Å². The van der Waals surface area contributed by atoms with Crippen LogP contribution in [0.1, 0.15) is 28.4 Å². The largest absolute Gasteiger partial charge is 0.287 e. The number of fused-ring (bicyclic) bond motifs is 4. The van der Waals surface area contributed by atoms with Crippen molar-refractivity contribution in [1.29, 1.82) is 0 Å². The molecule has 0 radical (unpaired) electrons. The van der Waals surface area contributed by atoms with Crippen LogP contribution in [0, 0.1) is 0 Å². The summed E-state index contributed by atoms with van der Waals surface area (Å²) >= 11 is 0. The smallest absolute Gasteiger partial charge is 0.230 e. The van der Waals surface area contributed by atoms with Crippen LogP contribution in [0.5, 0.6) is 0 Å². The molecule has 0 amide bonds. The van der Waals surface area contributed by atoms with E-state index in [1.54, 1.807) is 0 Å². The Kier molecular flexibility index (Phi) is 3.17. The van der Waals surface area contributed by atoms with Gasteiger partial charge in [-0.05, 0) is 34.2 Å². The molecule has 0 fully saturated rings. The number of aromatic nitrogens is 1. The van der Waals surface area contributed by atoms with Crippen LogP contribution in [0.25, 0.3) is 21.5 Å². The molecule has 5 rings (SSSR count). The average Bonchev–Trinajstić information content (AvgIpc) is 2.68. The summed E-state index contributed by atoms with van der Waals surface area (Å²) in [6.45, 7) is 0. The predicted molar refractivity (Wildman–Crippen MR) is 99.8 cm³/mol. The third kappa shape index (κ3) is 2.25. The molecule has 1 aliphatic carbocycles. The molecule has 2 nitrogen and oxygen atoms in total. The highest BCUT2D eigenvalue weighted by atomic mass is 16.1. The number of benzene rings is 3. The van der Waals surface area contributed by atoms with E-state index in [4.69, 9.17) is 0 Å². The molecule has 1 heterocycles. The molecule has 3 aromatic carbocycles. The first-order valence-corrected chi connectivity index (χ1v) is 8.76. The maximum Gasteiger partial charge on any atom is 0.230 e. The molecular formula is C23H18NO+. The van der Waals surface area contributed by atoms with Gasteiger partial charge in [0.05, 0.1) is 0 Å². The summed E-state index contributed by atoms with van der Waals surface area (Å²) in [7, 11) is 0. The Morgan fingerprint density at radius 3 is 2.44 bits per heavy atom. The number of Topliss-reactive ketones (excluding diaryl/α,β-unsaturated/α-hetero) is 1. The maximum absolute atomic E-state index is 13.2. The molecule has 0 saturated heterocycles. The van der Waals surface area contributed by atoms with E-state index in [1.807, 2.05) is 30.5 Å². The Morgan fingerprint density at radius 1 is 0.800 bits per heavy atom. The normalized spacial score (nSPS) is 17.0. The summed E-state index contributed by atoms with van der Waals surface area (Å²) in [5, 5.41) is 4.80. The standard InChI is InChI=1S/C23H18NO/c25-23-21-10-9-17-6-3-4-8-19(17)20(21)11-12-22(23)24-14-13-16-5-1-2-7-18(16)15-24/h1-10,13-15,22H,11-12H2/q+1. The fourth-order valence-corrected chi connectivity index (χ4v) is 4.06. The van der Waals surface area contributed by atoms with Crippen LogP contribution in [-0.2, 0) is 6.42 Å². The molecule has 0 saturated carbocycles. The third-order valence-corrected chi connectivity index (χ3v) is 5.35. The van der Waals surface area contributed by atoms with Crippen molar-refractivity contribution in [3.8, 4) is 0 Å². The Hall–Kier alpha value is -3.00. The van der Waals surface area contributed by atoms with Gasteiger partial charge in [-0.1, -0.05) is 54.6 Å². The SMILES string of the molecule is O=C1c2ccc3ccccc3c2CCC1[n+]1ccc2ccccc2c1. The Morgan fingerprint density at radius 2 is 1.56 bits per heavy atom. The monoisotopic (exact) mass is 324 g/mol. The fraction of sp³-hybridized carbons (Fsp3) is 0.130. The zero-order chi connectivity index (χ0) is 16.8. The fourth-order valence-electron chi connectivity index (χ4n) is 4.06. The summed E-state index contributed by atoms with van der Waals surface area (Å²) in [5.74, 6) is 0.229. The zero-order valence-corrected chi connectivity index (χ0v) is 13.9. The second-order valence-electron chi connectivity index (χ2n) is 6.75. The van der Waals surface area contributed by atoms with Crippen LogP contribution in [0.3, 0.4) is 0 Å². The van der Waals surface area contributed by atoms with E-state index >= 15 is 0 Å². The molecule has 0 N–H and O–H groups in total. The molecule has 1 unspecified atom stereocenters. The first-order valence-electron chi connectivity index (χ1n) is 8.76. The highest BCUT2D eigenvalue weighted by molar-refractivity contribution is 6.05. The highest BCUT2D eigenvalue weighted by Crippen LogP contribution is 2.31. The molecule has 2 heteroatoms. The van der Waals surface area contributed by atoms with Crippen molar-refractivity contribution in [2.45, 2.75) is 18.9 Å². The van der Waals surface area contributed by atoms with Gasteiger partial charge in [0.1, 0.15) is 0 Å².